The summed E-state index contributed by atoms with van der Waals surface area (Å²) in [7, 11) is 0. The van der Waals surface area contributed by atoms with E-state index in [2.05, 4.69) is 165 Å². The van der Waals surface area contributed by atoms with Crippen LogP contribution in [0.1, 0.15) is 232 Å². The number of aliphatic hydroxyl groups is 2. The van der Waals surface area contributed by atoms with Crippen molar-refractivity contribution in [2.75, 3.05) is 6.61 Å². The summed E-state index contributed by atoms with van der Waals surface area (Å²) in [5, 5.41) is 23.1. The molecule has 0 fully saturated rings. The van der Waals surface area contributed by atoms with Gasteiger partial charge in [-0.2, -0.15) is 0 Å². The van der Waals surface area contributed by atoms with Crippen molar-refractivity contribution in [2.45, 2.75) is 244 Å². The van der Waals surface area contributed by atoms with Crippen molar-refractivity contribution in [3.8, 4) is 0 Å². The number of aliphatic hydroxyl groups excluding tert-OH is 2. The molecule has 0 saturated carbocycles. The van der Waals surface area contributed by atoms with Crippen molar-refractivity contribution < 1.29 is 15.0 Å². The highest BCUT2D eigenvalue weighted by Gasteiger charge is 2.17. The first kappa shape index (κ1) is 66.0. The third kappa shape index (κ3) is 54.9. The molecule has 394 valence electrons. The lowest BCUT2D eigenvalue weighted by Gasteiger charge is -2.19. The van der Waals surface area contributed by atoms with Crippen LogP contribution in [-0.2, 0) is 4.79 Å². The van der Waals surface area contributed by atoms with Crippen LogP contribution < -0.4 is 5.32 Å². The molecule has 2 unspecified atom stereocenters. The van der Waals surface area contributed by atoms with Crippen LogP contribution in [0, 0.1) is 0 Å². The molecule has 4 heteroatoms. The zero-order valence-corrected chi connectivity index (χ0v) is 45.2. The molecule has 70 heavy (non-hydrogen) atoms. The van der Waals surface area contributed by atoms with Crippen LogP contribution in [0.25, 0.3) is 0 Å². The van der Waals surface area contributed by atoms with Crippen LogP contribution in [-0.4, -0.2) is 34.9 Å². The highest BCUT2D eigenvalue weighted by atomic mass is 16.3. The van der Waals surface area contributed by atoms with E-state index in [1.165, 1.54) is 103 Å². The molecule has 4 nitrogen and oxygen atoms in total. The van der Waals surface area contributed by atoms with E-state index in [-0.39, 0.29) is 12.5 Å². The number of hydrogen-bond donors (Lipinski definition) is 3. The lowest BCUT2D eigenvalue weighted by atomic mass is 10.0. The molecule has 0 aromatic rings. The summed E-state index contributed by atoms with van der Waals surface area (Å²) in [5.41, 5.74) is 0. The third-order valence-electron chi connectivity index (χ3n) is 12.0. The largest absolute Gasteiger partial charge is 0.394 e. The predicted octanol–water partition coefficient (Wildman–Crippen LogP) is 19.4. The molecule has 0 rings (SSSR count). The minimum Gasteiger partial charge on any atom is -0.394 e. The molecule has 0 radical (unpaired) electrons. The summed E-state index contributed by atoms with van der Waals surface area (Å²) in [5.74, 6) is -0.112. The molecule has 2 atom stereocenters. The highest BCUT2D eigenvalue weighted by Crippen LogP contribution is 2.15. The zero-order valence-electron chi connectivity index (χ0n) is 45.2. The van der Waals surface area contributed by atoms with Crippen molar-refractivity contribution in [1.29, 1.82) is 0 Å². The SMILES string of the molecule is CC/C=C\C/C=C\C/C=C\C/C=C\C/C=C\C/C=C\C/C=C\C/C=C\C/C=C\C/C=C\C/C=C\C/C=C\CCCCC(=O)NC(CO)C(O)/C=C/CCCCCCCCCCCCCCCCCCC. The van der Waals surface area contributed by atoms with Gasteiger partial charge in [0.05, 0.1) is 18.8 Å². The van der Waals surface area contributed by atoms with E-state index < -0.39 is 12.1 Å². The Hall–Kier alpha value is -3.99. The number of nitrogens with one attached hydrogen (secondary N) is 1. The van der Waals surface area contributed by atoms with Gasteiger partial charge in [0.25, 0.3) is 0 Å². The lowest BCUT2D eigenvalue weighted by molar-refractivity contribution is -0.123. The first-order valence-electron chi connectivity index (χ1n) is 28.7. The van der Waals surface area contributed by atoms with E-state index in [4.69, 9.17) is 0 Å². The second-order valence-corrected chi connectivity index (χ2v) is 18.6. The quantitative estimate of drug-likeness (QED) is 0.0420. The summed E-state index contributed by atoms with van der Waals surface area (Å²) in [6.45, 7) is 4.17. The average molecular weight is 963 g/mol. The number of carbonyl (C=O) groups is 1. The first-order valence-corrected chi connectivity index (χ1v) is 28.7. The Bertz CT molecular complexity index is 1510. The lowest BCUT2D eigenvalue weighted by Crippen LogP contribution is -2.45. The summed E-state index contributed by atoms with van der Waals surface area (Å²) in [6, 6.07) is -0.658. The molecule has 1 amide bonds. The molecular formula is C66H107NO3. The van der Waals surface area contributed by atoms with Crippen LogP contribution in [0.3, 0.4) is 0 Å². The summed E-state index contributed by atoms with van der Waals surface area (Å²) in [6.07, 6.45) is 95.4. The molecule has 3 N–H and O–H groups in total. The molecule has 0 spiro atoms. The second kappa shape index (κ2) is 59.3. The fraction of sp³-hybridized carbons (Fsp3) is 0.591. The fourth-order valence-corrected chi connectivity index (χ4v) is 7.69. The van der Waals surface area contributed by atoms with Gasteiger partial charge >= 0.3 is 0 Å². The Morgan fingerprint density at radius 1 is 0.357 bits per heavy atom. The van der Waals surface area contributed by atoms with Gasteiger partial charge in [0.1, 0.15) is 0 Å². The molecule has 0 aliphatic carbocycles. The van der Waals surface area contributed by atoms with Gasteiger partial charge < -0.3 is 15.5 Å². The zero-order chi connectivity index (χ0) is 50.6. The van der Waals surface area contributed by atoms with Gasteiger partial charge in [-0.3, -0.25) is 4.79 Å². The van der Waals surface area contributed by atoms with Gasteiger partial charge in [-0.1, -0.05) is 275 Å². The van der Waals surface area contributed by atoms with E-state index in [9.17, 15) is 15.0 Å². The maximum atomic E-state index is 12.5. The molecule has 0 aliphatic rings. The fourth-order valence-electron chi connectivity index (χ4n) is 7.69. The van der Waals surface area contributed by atoms with Gasteiger partial charge in [-0.15, -0.1) is 0 Å². The highest BCUT2D eigenvalue weighted by molar-refractivity contribution is 5.76. The molecule has 0 heterocycles. The third-order valence-corrected chi connectivity index (χ3v) is 12.0. The van der Waals surface area contributed by atoms with E-state index in [1.54, 1.807) is 6.08 Å². The average Bonchev–Trinajstić information content (AvgIpc) is 3.36. The van der Waals surface area contributed by atoms with Gasteiger partial charge in [0.2, 0.25) is 5.91 Å². The minimum absolute atomic E-state index is 0.112. The number of rotatable bonds is 50. The summed E-state index contributed by atoms with van der Waals surface area (Å²) < 4.78 is 0. The number of amides is 1. The van der Waals surface area contributed by atoms with Gasteiger partial charge in [0, 0.05) is 6.42 Å². The van der Waals surface area contributed by atoms with E-state index in [1.807, 2.05) is 6.08 Å². The van der Waals surface area contributed by atoms with Crippen LogP contribution in [0.2, 0.25) is 0 Å². The molecule has 0 aromatic heterocycles. The molecule has 0 aliphatic heterocycles. The van der Waals surface area contributed by atoms with Crippen LogP contribution in [0.15, 0.2) is 158 Å². The number of carbonyl (C=O) groups excluding carboxylic acids is 1. The van der Waals surface area contributed by atoms with E-state index in [0.717, 1.165) is 109 Å². The summed E-state index contributed by atoms with van der Waals surface area (Å²) in [4.78, 5) is 12.5. The van der Waals surface area contributed by atoms with Crippen molar-refractivity contribution in [2.24, 2.45) is 0 Å². The van der Waals surface area contributed by atoms with Crippen molar-refractivity contribution in [1.82, 2.24) is 5.32 Å². The van der Waals surface area contributed by atoms with Gasteiger partial charge in [-0.25, -0.2) is 0 Å². The predicted molar refractivity (Wildman–Crippen MR) is 312 cm³/mol. The van der Waals surface area contributed by atoms with Crippen LogP contribution in [0.4, 0.5) is 0 Å². The molecular weight excluding hydrogens is 855 g/mol. The van der Waals surface area contributed by atoms with E-state index in [0.29, 0.717) is 6.42 Å². The Balaban J connectivity index is 3.73. The maximum Gasteiger partial charge on any atom is 0.220 e. The number of hydrogen-bond acceptors (Lipinski definition) is 3. The smallest absolute Gasteiger partial charge is 0.220 e. The Morgan fingerprint density at radius 2 is 0.629 bits per heavy atom. The van der Waals surface area contributed by atoms with Crippen LogP contribution >= 0.6 is 0 Å². The van der Waals surface area contributed by atoms with Gasteiger partial charge in [-0.05, 0) is 109 Å². The molecule has 0 bridgehead atoms. The second-order valence-electron chi connectivity index (χ2n) is 18.6. The standard InChI is InChI=1S/C66H107NO3/c1-3-5-7-9-11-13-15-17-19-21-23-24-25-26-27-28-29-30-31-32-33-34-35-36-37-38-39-40-41-42-44-46-48-50-52-54-56-58-60-62-66(70)67-64(63-68)65(69)61-59-57-55-53-51-49-47-45-43-22-20-18-16-14-12-10-8-6-4-2/h5,7,11,13,17,19,23-24,26-27,29-30,32-33,35-36,38-39,41-42,46,48,52,54,59,61,64-65,68-69H,3-4,6,8-10,12,14-16,18,20-22,25,28,31,34,37,40,43-45,47,49-51,53,55-58,60,62-63H2,1-2H3,(H,67,70)/b7-5-,13-11-,19-17-,24-23-,27-26-,30-29-,33-32-,36-35-,39-38-,42-41-,48-46-,54-52-,61-59+. The monoisotopic (exact) mass is 962 g/mol. The normalized spacial score (nSPS) is 14.1. The van der Waals surface area contributed by atoms with Crippen LogP contribution in [0.5, 0.6) is 0 Å². The maximum absolute atomic E-state index is 12.5. The Kier molecular flexibility index (Phi) is 55.9. The first-order chi connectivity index (χ1) is 34.7. The molecule has 0 saturated heterocycles. The number of allylic oxidation sites excluding steroid dienone is 25. The minimum atomic E-state index is -0.870. The Morgan fingerprint density at radius 3 is 0.943 bits per heavy atom. The Labute approximate surface area is 433 Å². The van der Waals surface area contributed by atoms with Gasteiger partial charge in [0.15, 0.2) is 0 Å². The summed E-state index contributed by atoms with van der Waals surface area (Å²) >= 11 is 0. The van der Waals surface area contributed by atoms with Crippen molar-refractivity contribution in [3.63, 3.8) is 0 Å². The topological polar surface area (TPSA) is 69.6 Å². The van der Waals surface area contributed by atoms with Crippen molar-refractivity contribution in [3.05, 3.63) is 158 Å². The van der Waals surface area contributed by atoms with Crippen molar-refractivity contribution >= 4 is 5.91 Å². The van der Waals surface area contributed by atoms with E-state index >= 15 is 0 Å². The number of unbranched alkanes of at least 4 members (excludes halogenated alkanes) is 19. The molecule has 0 aromatic carbocycles.